The summed E-state index contributed by atoms with van der Waals surface area (Å²) in [5, 5.41) is 18.1. The Morgan fingerprint density at radius 1 is 0.512 bits per heavy atom. The summed E-state index contributed by atoms with van der Waals surface area (Å²) in [6.45, 7) is 3.75. The molecule has 0 fully saturated rings. The summed E-state index contributed by atoms with van der Waals surface area (Å²) in [7, 11) is 0. The van der Waals surface area contributed by atoms with Crippen molar-refractivity contribution >= 4 is 17.6 Å². The summed E-state index contributed by atoms with van der Waals surface area (Å²) in [6, 6.07) is 6.46. The first-order valence-corrected chi connectivity index (χ1v) is 18.2. The van der Waals surface area contributed by atoms with E-state index < -0.39 is 0 Å². The Labute approximate surface area is 265 Å². The molecule has 1 aromatic rings. The lowest BCUT2D eigenvalue weighted by Gasteiger charge is -2.08. The van der Waals surface area contributed by atoms with Gasteiger partial charge in [0, 0.05) is 25.2 Å². The van der Waals surface area contributed by atoms with Crippen molar-refractivity contribution in [3.63, 3.8) is 0 Å². The number of benzene rings is 1. The molecule has 0 spiro atoms. The third-order valence-electron chi connectivity index (χ3n) is 8.33. The molecule has 3 amide bonds. The molecular formula is C37H67N3O3. The lowest BCUT2D eigenvalue weighted by atomic mass is 10.0. The minimum absolute atomic E-state index is 0.00393. The van der Waals surface area contributed by atoms with Crippen molar-refractivity contribution in [3.8, 4) is 5.75 Å². The van der Waals surface area contributed by atoms with Crippen LogP contribution in [0.2, 0.25) is 0 Å². The fraction of sp³-hybridized carbons (Fsp3) is 0.784. The van der Waals surface area contributed by atoms with Crippen molar-refractivity contribution in [3.05, 3.63) is 24.3 Å². The number of rotatable bonds is 30. The third-order valence-corrected chi connectivity index (χ3v) is 8.33. The minimum Gasteiger partial charge on any atom is -0.508 e. The Morgan fingerprint density at radius 2 is 0.860 bits per heavy atom. The Hall–Kier alpha value is -2.24. The van der Waals surface area contributed by atoms with Crippen molar-refractivity contribution in [2.24, 2.45) is 0 Å². The Kier molecular flexibility index (Phi) is 26.9. The van der Waals surface area contributed by atoms with Crippen LogP contribution in [0.5, 0.6) is 5.75 Å². The third kappa shape index (κ3) is 27.1. The number of nitrogens with one attached hydrogen (secondary N) is 3. The van der Waals surface area contributed by atoms with Gasteiger partial charge in [-0.1, -0.05) is 148 Å². The monoisotopic (exact) mass is 602 g/mol. The van der Waals surface area contributed by atoms with Crippen LogP contribution in [-0.4, -0.2) is 30.1 Å². The average Bonchev–Trinajstić information content (AvgIpc) is 3.00. The first kappa shape index (κ1) is 38.8. The van der Waals surface area contributed by atoms with Crippen molar-refractivity contribution in [1.29, 1.82) is 0 Å². The molecule has 0 saturated carbocycles. The number of urea groups is 1. The lowest BCUT2D eigenvalue weighted by Crippen LogP contribution is -2.36. The van der Waals surface area contributed by atoms with E-state index >= 15 is 0 Å². The highest BCUT2D eigenvalue weighted by Gasteiger charge is 2.03. The molecule has 0 aliphatic rings. The lowest BCUT2D eigenvalue weighted by molar-refractivity contribution is -0.116. The van der Waals surface area contributed by atoms with E-state index in [0.29, 0.717) is 18.7 Å². The smallest absolute Gasteiger partial charge is 0.314 e. The molecule has 0 aliphatic heterocycles. The predicted octanol–water partition coefficient (Wildman–Crippen LogP) is 10.8. The van der Waals surface area contributed by atoms with Gasteiger partial charge in [0.15, 0.2) is 0 Å². The number of amides is 3. The van der Waals surface area contributed by atoms with Crippen molar-refractivity contribution in [2.45, 2.75) is 174 Å². The van der Waals surface area contributed by atoms with Crippen LogP contribution in [0.25, 0.3) is 0 Å². The number of unbranched alkanes of at least 4 members (excludes halogenated alkanes) is 23. The molecular weight excluding hydrogens is 534 g/mol. The quantitative estimate of drug-likeness (QED) is 0.0522. The van der Waals surface area contributed by atoms with Gasteiger partial charge >= 0.3 is 6.03 Å². The zero-order chi connectivity index (χ0) is 31.1. The van der Waals surface area contributed by atoms with Crippen LogP contribution < -0.4 is 16.0 Å². The van der Waals surface area contributed by atoms with Gasteiger partial charge in [0.1, 0.15) is 5.75 Å². The maximum Gasteiger partial charge on any atom is 0.314 e. The molecule has 0 heterocycles. The van der Waals surface area contributed by atoms with E-state index in [2.05, 4.69) is 22.9 Å². The average molecular weight is 602 g/mol. The number of phenols is 1. The van der Waals surface area contributed by atoms with Crippen LogP contribution in [0.15, 0.2) is 24.3 Å². The highest BCUT2D eigenvalue weighted by molar-refractivity contribution is 5.90. The maximum absolute atomic E-state index is 12.0. The topological polar surface area (TPSA) is 90.5 Å². The number of aromatic hydroxyl groups is 1. The van der Waals surface area contributed by atoms with Crippen LogP contribution in [0.4, 0.5) is 10.5 Å². The number of phenolic OH excluding ortho intramolecular Hbond substituents is 1. The van der Waals surface area contributed by atoms with Gasteiger partial charge in [0.25, 0.3) is 0 Å². The number of hydrogen-bond acceptors (Lipinski definition) is 3. The van der Waals surface area contributed by atoms with Crippen LogP contribution in [0, 0.1) is 0 Å². The molecule has 6 heteroatoms. The van der Waals surface area contributed by atoms with Gasteiger partial charge in [-0.15, -0.1) is 0 Å². The highest BCUT2D eigenvalue weighted by atomic mass is 16.3. The summed E-state index contributed by atoms with van der Waals surface area (Å²) in [4.78, 5) is 23.9. The first-order valence-electron chi connectivity index (χ1n) is 18.2. The number of carbonyl (C=O) groups is 2. The number of carbonyl (C=O) groups excluding carboxylic acids is 2. The van der Waals surface area contributed by atoms with Crippen molar-refractivity contribution in [1.82, 2.24) is 10.6 Å². The SMILES string of the molecule is CCCCCCCCCCCCCCCCCCCCCCNC(=O)NCCCCCCCC(=O)Nc1ccc(O)cc1. The summed E-state index contributed by atoms with van der Waals surface area (Å²) in [5.41, 5.74) is 0.706. The zero-order valence-electron chi connectivity index (χ0n) is 27.9. The van der Waals surface area contributed by atoms with E-state index in [-0.39, 0.29) is 17.7 Å². The number of hydrogen-bond donors (Lipinski definition) is 4. The fourth-order valence-corrected chi connectivity index (χ4v) is 5.56. The van der Waals surface area contributed by atoms with Crippen LogP contribution in [-0.2, 0) is 4.79 Å². The van der Waals surface area contributed by atoms with Crippen LogP contribution in [0.3, 0.4) is 0 Å². The van der Waals surface area contributed by atoms with E-state index in [1.165, 1.54) is 122 Å². The standard InChI is InChI=1S/C37H67N3O3/c1-2-3-4-5-6-7-8-9-10-11-12-13-14-15-16-17-18-19-22-25-32-38-37(43)39-33-26-23-20-21-24-27-36(42)40-34-28-30-35(41)31-29-34/h28-31,41H,2-27,32-33H2,1H3,(H,40,42)(H2,38,39,43). The minimum atomic E-state index is -0.0521. The molecule has 0 aliphatic carbocycles. The molecule has 4 N–H and O–H groups in total. The Morgan fingerprint density at radius 3 is 1.26 bits per heavy atom. The molecule has 43 heavy (non-hydrogen) atoms. The maximum atomic E-state index is 12.0. The van der Waals surface area contributed by atoms with Gasteiger partial charge in [0.2, 0.25) is 5.91 Å². The van der Waals surface area contributed by atoms with Gasteiger partial charge in [-0.05, 0) is 43.5 Å². The molecule has 0 atom stereocenters. The van der Waals surface area contributed by atoms with Gasteiger partial charge in [-0.2, -0.15) is 0 Å². The van der Waals surface area contributed by atoms with E-state index in [4.69, 9.17) is 0 Å². The summed E-state index contributed by atoms with van der Waals surface area (Å²) in [6.07, 6.45) is 33.1. The molecule has 0 radical (unpaired) electrons. The Balaban J connectivity index is 1.73. The molecule has 1 rings (SSSR count). The normalized spacial score (nSPS) is 11.0. The summed E-state index contributed by atoms with van der Waals surface area (Å²) >= 11 is 0. The van der Waals surface area contributed by atoms with Gasteiger partial charge < -0.3 is 21.1 Å². The molecule has 1 aromatic carbocycles. The molecule has 248 valence electrons. The van der Waals surface area contributed by atoms with E-state index in [9.17, 15) is 14.7 Å². The second-order valence-corrected chi connectivity index (χ2v) is 12.5. The fourth-order valence-electron chi connectivity index (χ4n) is 5.56. The molecule has 0 saturated heterocycles. The van der Waals surface area contributed by atoms with Crippen LogP contribution >= 0.6 is 0 Å². The second kappa shape index (κ2) is 29.8. The molecule has 0 aromatic heterocycles. The van der Waals surface area contributed by atoms with Crippen molar-refractivity contribution in [2.75, 3.05) is 18.4 Å². The highest BCUT2D eigenvalue weighted by Crippen LogP contribution is 2.16. The van der Waals surface area contributed by atoms with E-state index in [0.717, 1.165) is 45.1 Å². The largest absolute Gasteiger partial charge is 0.508 e. The van der Waals surface area contributed by atoms with E-state index in [1.807, 2.05) is 0 Å². The van der Waals surface area contributed by atoms with Crippen LogP contribution in [0.1, 0.15) is 174 Å². The van der Waals surface area contributed by atoms with Gasteiger partial charge in [-0.3, -0.25) is 4.79 Å². The summed E-state index contributed by atoms with van der Waals surface area (Å²) < 4.78 is 0. The predicted molar refractivity (Wildman–Crippen MR) is 184 cm³/mol. The molecule has 6 nitrogen and oxygen atoms in total. The second-order valence-electron chi connectivity index (χ2n) is 12.5. The molecule has 0 unspecified atom stereocenters. The number of anilines is 1. The van der Waals surface area contributed by atoms with Crippen molar-refractivity contribution < 1.29 is 14.7 Å². The first-order chi connectivity index (χ1) is 21.1. The Bertz CT molecular complexity index is 769. The zero-order valence-corrected chi connectivity index (χ0v) is 27.9. The molecule has 0 bridgehead atoms. The summed E-state index contributed by atoms with van der Waals surface area (Å²) in [5.74, 6) is 0.195. The van der Waals surface area contributed by atoms with Gasteiger partial charge in [0.05, 0.1) is 0 Å². The van der Waals surface area contributed by atoms with Gasteiger partial charge in [-0.25, -0.2) is 4.79 Å². The van der Waals surface area contributed by atoms with E-state index in [1.54, 1.807) is 24.3 Å².